The molecule has 1 aromatic rings. The Morgan fingerprint density at radius 2 is 2.29 bits per heavy atom. The monoisotopic (exact) mass is 190 g/mol. The minimum Gasteiger partial charge on any atom is -0.396 e. The fraction of sp³-hybridized carbons (Fsp3) is 0.364. The third-order valence-corrected chi connectivity index (χ3v) is 2.10. The van der Waals surface area contributed by atoms with Gasteiger partial charge in [-0.25, -0.2) is 0 Å². The van der Waals surface area contributed by atoms with Crippen LogP contribution in [0, 0.1) is 11.3 Å². The van der Waals surface area contributed by atoms with Gasteiger partial charge in [-0.15, -0.1) is 0 Å². The molecule has 0 fully saturated rings. The van der Waals surface area contributed by atoms with Crippen molar-refractivity contribution >= 4 is 0 Å². The van der Waals surface area contributed by atoms with Crippen molar-refractivity contribution in [3.05, 3.63) is 35.4 Å². The Bertz CT molecular complexity index is 330. The van der Waals surface area contributed by atoms with Crippen LogP contribution >= 0.6 is 0 Å². The lowest BCUT2D eigenvalue weighted by Crippen LogP contribution is -2.12. The highest BCUT2D eigenvalue weighted by Gasteiger charge is 2.05. The van der Waals surface area contributed by atoms with E-state index in [1.165, 1.54) is 0 Å². The molecule has 14 heavy (non-hydrogen) atoms. The molecule has 1 atom stereocenters. The van der Waals surface area contributed by atoms with Gasteiger partial charge in [-0.05, 0) is 17.5 Å². The molecule has 0 spiro atoms. The first-order valence-electron chi connectivity index (χ1n) is 4.60. The van der Waals surface area contributed by atoms with Crippen LogP contribution in [-0.4, -0.2) is 11.7 Å². The van der Waals surface area contributed by atoms with Crippen molar-refractivity contribution in [2.45, 2.75) is 18.9 Å². The number of aliphatic hydroxyl groups is 1. The first kappa shape index (κ1) is 10.7. The molecule has 0 radical (unpaired) electrons. The lowest BCUT2D eigenvalue weighted by Gasteiger charge is -2.10. The maximum Gasteiger partial charge on any atom is 0.0669 e. The van der Waals surface area contributed by atoms with Gasteiger partial charge in [0.2, 0.25) is 0 Å². The van der Waals surface area contributed by atoms with Gasteiger partial charge in [0, 0.05) is 12.6 Å². The molecule has 0 amide bonds. The molecular weight excluding hydrogens is 176 g/mol. The number of hydrogen-bond donors (Lipinski definition) is 2. The van der Waals surface area contributed by atoms with Gasteiger partial charge < -0.3 is 10.8 Å². The number of nitriles is 1. The first-order chi connectivity index (χ1) is 6.77. The van der Waals surface area contributed by atoms with Crippen molar-refractivity contribution in [1.29, 1.82) is 5.26 Å². The van der Waals surface area contributed by atoms with Crippen LogP contribution in [0.5, 0.6) is 0 Å². The third-order valence-electron chi connectivity index (χ3n) is 2.10. The minimum absolute atomic E-state index is 0.0869. The van der Waals surface area contributed by atoms with Crippen molar-refractivity contribution in [3.63, 3.8) is 0 Å². The number of nitrogens with zero attached hydrogens (tertiary/aromatic N) is 1. The van der Waals surface area contributed by atoms with Crippen molar-refractivity contribution in [3.8, 4) is 6.07 Å². The quantitative estimate of drug-likeness (QED) is 0.747. The Kier molecular flexibility index (Phi) is 4.11. The van der Waals surface area contributed by atoms with Crippen molar-refractivity contribution in [2.75, 3.05) is 6.61 Å². The second kappa shape index (κ2) is 5.38. The van der Waals surface area contributed by atoms with E-state index in [4.69, 9.17) is 16.1 Å². The average molecular weight is 190 g/mol. The van der Waals surface area contributed by atoms with Gasteiger partial charge in [-0.3, -0.25) is 0 Å². The summed E-state index contributed by atoms with van der Waals surface area (Å²) in [6, 6.07) is 9.58. The Hall–Kier alpha value is -1.37. The molecule has 1 unspecified atom stereocenters. The number of rotatable bonds is 4. The summed E-state index contributed by atoms with van der Waals surface area (Å²) in [6.07, 6.45) is 0.954. The SMILES string of the molecule is N#CCc1cccc(C(N)CCO)c1. The zero-order valence-electron chi connectivity index (χ0n) is 7.98. The molecule has 0 saturated carbocycles. The highest BCUT2D eigenvalue weighted by Crippen LogP contribution is 2.15. The van der Waals surface area contributed by atoms with Crippen molar-refractivity contribution in [1.82, 2.24) is 0 Å². The van der Waals surface area contributed by atoms with Crippen molar-refractivity contribution in [2.24, 2.45) is 5.73 Å². The average Bonchev–Trinajstić information content (AvgIpc) is 2.19. The lowest BCUT2D eigenvalue weighted by molar-refractivity contribution is 0.276. The summed E-state index contributed by atoms with van der Waals surface area (Å²) in [4.78, 5) is 0. The van der Waals surface area contributed by atoms with E-state index in [1.807, 2.05) is 24.3 Å². The van der Waals surface area contributed by atoms with Crippen LogP contribution in [0.1, 0.15) is 23.6 Å². The molecular formula is C11H14N2O. The topological polar surface area (TPSA) is 70.0 Å². The van der Waals surface area contributed by atoms with Crippen LogP contribution < -0.4 is 5.73 Å². The van der Waals surface area contributed by atoms with Gasteiger partial charge in [0.25, 0.3) is 0 Å². The normalized spacial score (nSPS) is 12.1. The number of benzene rings is 1. The highest BCUT2D eigenvalue weighted by atomic mass is 16.3. The summed E-state index contributed by atoms with van der Waals surface area (Å²) in [5.74, 6) is 0. The van der Waals surface area contributed by atoms with Crippen LogP contribution in [0.25, 0.3) is 0 Å². The van der Waals surface area contributed by atoms with E-state index in [1.54, 1.807) is 0 Å². The predicted molar refractivity (Wildman–Crippen MR) is 54.4 cm³/mol. The van der Waals surface area contributed by atoms with Gasteiger partial charge in [0.15, 0.2) is 0 Å². The molecule has 0 aromatic heterocycles. The Morgan fingerprint density at radius 3 is 2.93 bits per heavy atom. The summed E-state index contributed by atoms with van der Waals surface area (Å²) in [5.41, 5.74) is 7.78. The Balaban J connectivity index is 2.78. The summed E-state index contributed by atoms with van der Waals surface area (Å²) in [7, 11) is 0. The van der Waals surface area contributed by atoms with Gasteiger partial charge in [-0.1, -0.05) is 24.3 Å². The Labute approximate surface area is 83.8 Å². The molecule has 0 aliphatic rings. The summed E-state index contributed by atoms with van der Waals surface area (Å²) in [6.45, 7) is 0.0869. The minimum atomic E-state index is -0.140. The molecule has 0 heterocycles. The van der Waals surface area contributed by atoms with Crippen LogP contribution in [0.4, 0.5) is 0 Å². The van der Waals surface area contributed by atoms with Gasteiger partial charge in [-0.2, -0.15) is 5.26 Å². The molecule has 3 nitrogen and oxygen atoms in total. The molecule has 3 heteroatoms. The van der Waals surface area contributed by atoms with Crippen LogP contribution in [0.15, 0.2) is 24.3 Å². The fourth-order valence-electron chi connectivity index (χ4n) is 1.33. The van der Waals surface area contributed by atoms with E-state index in [2.05, 4.69) is 6.07 Å². The maximum atomic E-state index is 8.74. The van der Waals surface area contributed by atoms with Gasteiger partial charge in [0.1, 0.15) is 0 Å². The lowest BCUT2D eigenvalue weighted by atomic mass is 10.0. The van der Waals surface area contributed by atoms with Crippen LogP contribution in [0.3, 0.4) is 0 Å². The van der Waals surface area contributed by atoms with E-state index in [0.29, 0.717) is 12.8 Å². The molecule has 74 valence electrons. The van der Waals surface area contributed by atoms with E-state index in [9.17, 15) is 0 Å². The summed E-state index contributed by atoms with van der Waals surface area (Å²) < 4.78 is 0. The van der Waals surface area contributed by atoms with Crippen LogP contribution in [0.2, 0.25) is 0 Å². The molecule has 0 bridgehead atoms. The predicted octanol–water partition coefficient (Wildman–Crippen LogP) is 1.13. The first-order valence-corrected chi connectivity index (χ1v) is 4.60. The zero-order chi connectivity index (χ0) is 10.4. The zero-order valence-corrected chi connectivity index (χ0v) is 7.98. The standard InChI is InChI=1S/C11H14N2O/c12-6-4-9-2-1-3-10(8-9)11(13)5-7-14/h1-3,8,11,14H,4-5,7,13H2. The second-order valence-corrected chi connectivity index (χ2v) is 3.20. The number of aliphatic hydroxyl groups excluding tert-OH is 1. The molecule has 0 aliphatic heterocycles. The highest BCUT2D eigenvalue weighted by molar-refractivity contribution is 5.27. The van der Waals surface area contributed by atoms with Crippen molar-refractivity contribution < 1.29 is 5.11 Å². The third kappa shape index (κ3) is 2.84. The van der Waals surface area contributed by atoms with Gasteiger partial charge in [0.05, 0.1) is 12.5 Å². The number of nitrogens with two attached hydrogens (primary N) is 1. The molecule has 0 saturated heterocycles. The van der Waals surface area contributed by atoms with Gasteiger partial charge >= 0.3 is 0 Å². The number of hydrogen-bond acceptors (Lipinski definition) is 3. The smallest absolute Gasteiger partial charge is 0.0669 e. The Morgan fingerprint density at radius 1 is 1.50 bits per heavy atom. The molecule has 1 rings (SSSR count). The van der Waals surface area contributed by atoms with Crippen LogP contribution in [-0.2, 0) is 6.42 Å². The largest absolute Gasteiger partial charge is 0.396 e. The second-order valence-electron chi connectivity index (χ2n) is 3.20. The van der Waals surface area contributed by atoms with E-state index < -0.39 is 0 Å². The maximum absolute atomic E-state index is 8.74. The fourth-order valence-corrected chi connectivity index (χ4v) is 1.33. The van der Waals surface area contributed by atoms with E-state index >= 15 is 0 Å². The summed E-state index contributed by atoms with van der Waals surface area (Å²) >= 11 is 0. The molecule has 0 aliphatic carbocycles. The molecule has 1 aromatic carbocycles. The summed E-state index contributed by atoms with van der Waals surface area (Å²) in [5, 5.41) is 17.3. The van der Waals surface area contributed by atoms with E-state index in [-0.39, 0.29) is 12.6 Å². The molecule has 3 N–H and O–H groups in total. The van der Waals surface area contributed by atoms with E-state index in [0.717, 1.165) is 11.1 Å².